The van der Waals surface area contributed by atoms with E-state index < -0.39 is 101 Å². The van der Waals surface area contributed by atoms with Gasteiger partial charge in [0.2, 0.25) is 18.0 Å². The van der Waals surface area contributed by atoms with Crippen molar-refractivity contribution in [3.63, 3.8) is 0 Å². The Labute approximate surface area is 477 Å². The van der Waals surface area contributed by atoms with Crippen molar-refractivity contribution >= 4 is 95.7 Å². The molecule has 3 aliphatic rings. The number of carbonyl (C=O) groups is 3. The molecule has 1 saturated heterocycles. The lowest BCUT2D eigenvalue weighted by Crippen LogP contribution is -2.41. The standard InChI is InChI=1S/C59H55F2N13O11/c1-7-28-24(3)36-20-38-26(5)30(15-16-44(76)64-34-13-9-11-31-47(34)55(82)72-70-52(31)79)49(66-38)33(19-45(77)65-35-14-10-12-32-48(35)56(83)73-71-53(32)80)50-46(27(6)39(67-50)22-41-29(8-2)25(4)37(63-41)21-40(28)62-36)54(81)68-43-17-18-74(58(84)69-43)57-59(60,61)51(78)42(23-75)85-57/h7,9-14,17-18,20-22,26,30,42,51,57,62-63,75,78H,1,8,15-16,19,23H2,2-6H3,(H,64,76)(H,65,77)(H,70,79)(H,71,80)(H,72,82)(H,73,83)(H,68,69,81,84)/t26-,30-,42?,51?,57?/m0/s1. The quantitative estimate of drug-likeness (QED) is 0.0660. The molecule has 85 heavy (non-hydrogen) atoms. The summed E-state index contributed by atoms with van der Waals surface area (Å²) in [6, 6.07) is 15.4. The monoisotopic (exact) mass is 1160 g/mol. The van der Waals surface area contributed by atoms with E-state index in [0.29, 0.717) is 27.7 Å². The molecule has 3 unspecified atom stereocenters. The van der Waals surface area contributed by atoms with Crippen LogP contribution in [0.25, 0.3) is 60.8 Å². The average molecular weight is 1160 g/mol. The number of aromatic amines is 6. The number of halogens is 2. The molecule has 6 aromatic heterocycles. The molecule has 5 atom stereocenters. The topological polar surface area (TPSA) is 361 Å². The molecule has 0 spiro atoms. The molecule has 8 aromatic rings. The van der Waals surface area contributed by atoms with E-state index in [1.165, 1.54) is 36.4 Å². The van der Waals surface area contributed by atoms with Crippen molar-refractivity contribution in [2.75, 3.05) is 22.6 Å². The highest BCUT2D eigenvalue weighted by molar-refractivity contribution is 6.32. The number of hydrogen-bond donors (Lipinski definition) is 11. The zero-order valence-electron chi connectivity index (χ0n) is 46.2. The fraction of sp³-hybridized carbons (Fsp3) is 0.271. The third-order valence-electron chi connectivity index (χ3n) is 16.1. The summed E-state index contributed by atoms with van der Waals surface area (Å²) in [6.45, 7) is 12.5. The molecule has 1 fully saturated rings. The minimum atomic E-state index is -4.04. The summed E-state index contributed by atoms with van der Waals surface area (Å²) >= 11 is 0. The molecule has 11 N–H and O–H groups in total. The van der Waals surface area contributed by atoms with Crippen LogP contribution < -0.4 is 43.9 Å². The minimum absolute atomic E-state index is 0.0163. The predicted octanol–water partition coefficient (Wildman–Crippen LogP) is 5.70. The van der Waals surface area contributed by atoms with Crippen molar-refractivity contribution in [3.05, 3.63) is 176 Å². The normalized spacial score (nSPS) is 18.2. The van der Waals surface area contributed by atoms with Crippen LogP contribution in [0.2, 0.25) is 0 Å². The van der Waals surface area contributed by atoms with Gasteiger partial charge < -0.3 is 40.9 Å². The van der Waals surface area contributed by atoms with Gasteiger partial charge in [0.05, 0.1) is 68.6 Å². The van der Waals surface area contributed by atoms with Gasteiger partial charge in [-0.3, -0.25) is 63.5 Å². The van der Waals surface area contributed by atoms with Gasteiger partial charge in [-0.2, -0.15) is 13.8 Å². The maximum Gasteiger partial charge on any atom is 0.351 e. The van der Waals surface area contributed by atoms with E-state index in [1.54, 1.807) is 19.1 Å². The first-order chi connectivity index (χ1) is 40.6. The number of carbonyl (C=O) groups excluding carboxylic acids is 3. The van der Waals surface area contributed by atoms with Crippen molar-refractivity contribution in [2.45, 2.75) is 96.5 Å². The molecule has 3 amide bonds. The molecule has 0 aliphatic carbocycles. The van der Waals surface area contributed by atoms with Gasteiger partial charge in [0.25, 0.3) is 28.1 Å². The van der Waals surface area contributed by atoms with Crippen LogP contribution in [-0.2, 0) is 32.0 Å². The van der Waals surface area contributed by atoms with Gasteiger partial charge in [-0.25, -0.2) is 9.78 Å². The lowest BCUT2D eigenvalue weighted by atomic mass is 9.84. The van der Waals surface area contributed by atoms with Gasteiger partial charge in [0.15, 0.2) is 6.10 Å². The number of allylic oxidation sites excluding steroid dienone is 1. The molecular weight excluding hydrogens is 1100 g/mol. The van der Waals surface area contributed by atoms with Crippen LogP contribution >= 0.6 is 0 Å². The molecule has 9 heterocycles. The van der Waals surface area contributed by atoms with E-state index >= 15 is 18.4 Å². The van der Waals surface area contributed by atoms with E-state index in [0.717, 1.165) is 45.6 Å². The number of aryl methyl sites for hydroxylation is 3. The average Bonchev–Trinajstić information content (AvgIpc) is 2.47. The molecule has 0 radical (unpaired) electrons. The number of alkyl halides is 2. The Kier molecular flexibility index (Phi) is 14.7. The van der Waals surface area contributed by atoms with E-state index in [9.17, 15) is 39.0 Å². The predicted molar refractivity (Wildman–Crippen MR) is 313 cm³/mol. The van der Waals surface area contributed by atoms with Gasteiger partial charge >= 0.3 is 11.6 Å². The van der Waals surface area contributed by atoms with Gasteiger partial charge in [0.1, 0.15) is 11.9 Å². The lowest BCUT2D eigenvalue weighted by molar-refractivity contribution is -0.141. The third-order valence-corrected chi connectivity index (χ3v) is 16.1. The van der Waals surface area contributed by atoms with E-state index in [1.807, 2.05) is 39.8 Å². The number of aliphatic hydroxyl groups is 2. The van der Waals surface area contributed by atoms with E-state index in [-0.39, 0.29) is 79.6 Å². The van der Waals surface area contributed by atoms with Crippen LogP contribution in [0.3, 0.4) is 0 Å². The third kappa shape index (κ3) is 9.97. The Morgan fingerprint density at radius 3 is 2.01 bits per heavy atom. The van der Waals surface area contributed by atoms with Gasteiger partial charge in [-0.05, 0) is 104 Å². The molecule has 0 saturated carbocycles. The summed E-state index contributed by atoms with van der Waals surface area (Å²) in [5, 5.41) is 36.9. The van der Waals surface area contributed by atoms with Crippen LogP contribution in [0.4, 0.5) is 26.0 Å². The van der Waals surface area contributed by atoms with E-state index in [4.69, 9.17) is 14.7 Å². The number of aliphatic hydroxyl groups excluding tert-OH is 2. The summed E-state index contributed by atoms with van der Waals surface area (Å²) in [5.41, 5.74) is 3.32. The second-order valence-electron chi connectivity index (χ2n) is 21.0. The van der Waals surface area contributed by atoms with Crippen LogP contribution in [0.15, 0.2) is 97.4 Å². The zero-order chi connectivity index (χ0) is 60.5. The number of benzene rings is 2. The van der Waals surface area contributed by atoms with Crippen LogP contribution in [0.1, 0.15) is 102 Å². The zero-order valence-corrected chi connectivity index (χ0v) is 46.2. The molecule has 3 aliphatic heterocycles. The second kappa shape index (κ2) is 21.9. The highest BCUT2D eigenvalue weighted by Gasteiger charge is 2.59. The van der Waals surface area contributed by atoms with Crippen molar-refractivity contribution < 1.29 is 38.1 Å². The number of nitrogens with one attached hydrogen (secondary N) is 9. The summed E-state index contributed by atoms with van der Waals surface area (Å²) in [6.07, 6.45) is -4.21. The Morgan fingerprint density at radius 2 is 1.40 bits per heavy atom. The van der Waals surface area contributed by atoms with Crippen LogP contribution in [0.5, 0.6) is 0 Å². The Bertz CT molecular complexity index is 4700. The van der Waals surface area contributed by atoms with Crippen molar-refractivity contribution in [2.24, 2.45) is 0 Å². The van der Waals surface area contributed by atoms with Gasteiger partial charge in [0, 0.05) is 63.3 Å². The Hall–Kier alpha value is -10.1. The molecule has 2 aromatic carbocycles. The maximum absolute atomic E-state index is 15.3. The van der Waals surface area contributed by atoms with Crippen molar-refractivity contribution in [3.8, 4) is 0 Å². The summed E-state index contributed by atoms with van der Waals surface area (Å²) in [4.78, 5) is 131. The maximum atomic E-state index is 15.3. The number of amides is 3. The number of rotatable bonds is 13. The first-order valence-electron chi connectivity index (χ1n) is 27.0. The number of hydrogen-bond acceptors (Lipinski definition) is 14. The smallest absolute Gasteiger partial charge is 0.351 e. The number of nitrogens with zero attached hydrogens (tertiary/aromatic N) is 4. The molecular formula is C59H55F2N13O11. The largest absolute Gasteiger partial charge is 0.394 e. The summed E-state index contributed by atoms with van der Waals surface area (Å²) < 4.78 is 36.1. The first-order valence-corrected chi connectivity index (χ1v) is 27.0. The molecule has 436 valence electrons. The molecule has 11 rings (SSSR count). The number of ether oxygens (including phenoxy) is 1. The number of anilines is 3. The lowest BCUT2D eigenvalue weighted by Gasteiger charge is -2.21. The Morgan fingerprint density at radius 1 is 0.776 bits per heavy atom. The second-order valence-corrected chi connectivity index (χ2v) is 21.0. The van der Waals surface area contributed by atoms with Gasteiger partial charge in [-0.1, -0.05) is 38.6 Å². The van der Waals surface area contributed by atoms with Crippen molar-refractivity contribution in [1.29, 1.82) is 0 Å². The summed E-state index contributed by atoms with van der Waals surface area (Å²) in [7, 11) is 0. The summed E-state index contributed by atoms with van der Waals surface area (Å²) in [5.74, 6) is -8.03. The van der Waals surface area contributed by atoms with Gasteiger partial charge in [-0.15, -0.1) is 0 Å². The van der Waals surface area contributed by atoms with Crippen LogP contribution in [0, 0.1) is 13.8 Å². The Balaban J connectivity index is 1.12. The fourth-order valence-corrected chi connectivity index (χ4v) is 11.6. The highest BCUT2D eigenvalue weighted by atomic mass is 19.3. The molecule has 8 bridgehead atoms. The number of aromatic nitrogens is 10. The van der Waals surface area contributed by atoms with E-state index in [2.05, 4.69) is 57.9 Å². The molecule has 24 nitrogen and oxygen atoms in total. The number of H-pyrrole nitrogens is 6. The fourth-order valence-electron chi connectivity index (χ4n) is 11.6. The molecule has 26 heteroatoms. The van der Waals surface area contributed by atoms with Crippen molar-refractivity contribution in [1.82, 2.24) is 49.9 Å². The number of fused-ring (bicyclic) bond motifs is 10. The first kappa shape index (κ1) is 56.8. The minimum Gasteiger partial charge on any atom is -0.394 e. The van der Waals surface area contributed by atoms with Crippen LogP contribution in [-0.4, -0.2) is 103 Å². The SMILES string of the molecule is C=Cc1c(C)c2cc3nc(c(CC(=O)Nc4cccc5c(=O)[nH][nH]c(=O)c45)c4nc(cc5[nH]c(cc1[nH]2)c(C)c5CC)C(C)=C4C(=O)Nc1ccn(C2OC(CO)C(O)C2(F)F)c(=O)n1)[C@@H](CCC(=O)Nc1cccc2c(=O)[nH][nH]c(=O)c12)[C@@H]3C. The highest BCUT2D eigenvalue weighted by Crippen LogP contribution is 2.45.